The molecule has 2 fully saturated rings. The molecule has 104 valence electrons. The van der Waals surface area contributed by atoms with E-state index in [1.807, 2.05) is 30.9 Å². The molecular formula is C15H21NO2S. The molecule has 2 saturated heterocycles. The molecular weight excluding hydrogens is 258 g/mol. The van der Waals surface area contributed by atoms with Crippen molar-refractivity contribution in [3.63, 3.8) is 0 Å². The second-order valence-corrected chi connectivity index (χ2v) is 6.45. The number of hydrogen-bond donors (Lipinski definition) is 1. The zero-order valence-corrected chi connectivity index (χ0v) is 12.2. The molecule has 1 spiro atoms. The highest BCUT2D eigenvalue weighted by Crippen LogP contribution is 2.39. The van der Waals surface area contributed by atoms with E-state index in [0.29, 0.717) is 6.10 Å². The van der Waals surface area contributed by atoms with Gasteiger partial charge in [-0.25, -0.2) is 0 Å². The Morgan fingerprint density at radius 3 is 2.89 bits per heavy atom. The van der Waals surface area contributed by atoms with Crippen molar-refractivity contribution in [3.05, 3.63) is 24.3 Å². The largest absolute Gasteiger partial charge is 0.490 e. The van der Waals surface area contributed by atoms with Crippen LogP contribution in [0.2, 0.25) is 0 Å². The van der Waals surface area contributed by atoms with Crippen molar-refractivity contribution in [1.29, 1.82) is 0 Å². The summed E-state index contributed by atoms with van der Waals surface area (Å²) in [5, 5.41) is 3.12. The summed E-state index contributed by atoms with van der Waals surface area (Å²) in [5.74, 6) is 3.32. The van der Waals surface area contributed by atoms with Crippen LogP contribution in [0, 0.1) is 0 Å². The lowest BCUT2D eigenvalue weighted by molar-refractivity contribution is -0.0958. The molecule has 2 aliphatic rings. The van der Waals surface area contributed by atoms with E-state index in [9.17, 15) is 0 Å². The standard InChI is InChI=1S/C15H21NO2S/c1-16-12-2-4-13(5-3-12)18-14-6-8-17-15(10-14)7-9-19-11-15/h2-5,14,16H,6-11H2,1H3. The van der Waals surface area contributed by atoms with Gasteiger partial charge >= 0.3 is 0 Å². The van der Waals surface area contributed by atoms with E-state index in [0.717, 1.165) is 36.6 Å². The third kappa shape index (κ3) is 3.00. The topological polar surface area (TPSA) is 30.5 Å². The fourth-order valence-corrected chi connectivity index (χ4v) is 4.22. The third-order valence-electron chi connectivity index (χ3n) is 3.96. The van der Waals surface area contributed by atoms with Crippen LogP contribution in [0.1, 0.15) is 19.3 Å². The number of thioether (sulfide) groups is 1. The molecule has 2 heterocycles. The second-order valence-electron chi connectivity index (χ2n) is 5.34. The minimum Gasteiger partial charge on any atom is -0.490 e. The van der Waals surface area contributed by atoms with Gasteiger partial charge in [-0.1, -0.05) is 0 Å². The van der Waals surface area contributed by atoms with Gasteiger partial charge in [0.2, 0.25) is 0 Å². The van der Waals surface area contributed by atoms with Crippen LogP contribution in [0.4, 0.5) is 5.69 Å². The number of anilines is 1. The summed E-state index contributed by atoms with van der Waals surface area (Å²) < 4.78 is 12.1. The molecule has 0 radical (unpaired) electrons. The van der Waals surface area contributed by atoms with Crippen molar-refractivity contribution >= 4 is 17.4 Å². The molecule has 4 heteroatoms. The van der Waals surface area contributed by atoms with Crippen molar-refractivity contribution in [3.8, 4) is 5.75 Å². The number of ether oxygens (including phenoxy) is 2. The van der Waals surface area contributed by atoms with Crippen LogP contribution in [0.15, 0.2) is 24.3 Å². The summed E-state index contributed by atoms with van der Waals surface area (Å²) in [5.41, 5.74) is 1.21. The number of nitrogens with one attached hydrogen (secondary N) is 1. The van der Waals surface area contributed by atoms with Crippen molar-refractivity contribution in [2.75, 3.05) is 30.5 Å². The van der Waals surface area contributed by atoms with E-state index >= 15 is 0 Å². The first-order valence-electron chi connectivity index (χ1n) is 6.96. The van der Waals surface area contributed by atoms with Gasteiger partial charge in [-0.3, -0.25) is 0 Å². The zero-order valence-electron chi connectivity index (χ0n) is 11.4. The minimum absolute atomic E-state index is 0.0957. The lowest BCUT2D eigenvalue weighted by Gasteiger charge is -2.37. The summed E-state index contributed by atoms with van der Waals surface area (Å²) in [6.07, 6.45) is 3.51. The number of hydrogen-bond acceptors (Lipinski definition) is 4. The first-order chi connectivity index (χ1) is 9.30. The Morgan fingerprint density at radius 1 is 1.37 bits per heavy atom. The maximum absolute atomic E-state index is 6.12. The summed E-state index contributed by atoms with van der Waals surface area (Å²) >= 11 is 2.00. The van der Waals surface area contributed by atoms with Crippen LogP contribution in [-0.2, 0) is 4.74 Å². The normalized spacial score (nSPS) is 30.5. The molecule has 0 aromatic heterocycles. The highest BCUT2D eigenvalue weighted by atomic mass is 32.2. The van der Waals surface area contributed by atoms with Gasteiger partial charge in [0.1, 0.15) is 11.9 Å². The van der Waals surface area contributed by atoms with E-state index in [1.165, 1.54) is 12.2 Å². The van der Waals surface area contributed by atoms with Gasteiger partial charge in [0.05, 0.1) is 12.2 Å². The Morgan fingerprint density at radius 2 is 2.21 bits per heavy atom. The molecule has 3 nitrogen and oxygen atoms in total. The van der Waals surface area contributed by atoms with Crippen LogP contribution < -0.4 is 10.1 Å². The van der Waals surface area contributed by atoms with Gasteiger partial charge in [-0.05, 0) is 36.4 Å². The second kappa shape index (κ2) is 5.63. The Kier molecular flexibility index (Phi) is 3.89. The van der Waals surface area contributed by atoms with Crippen LogP contribution in [0.5, 0.6) is 5.75 Å². The van der Waals surface area contributed by atoms with E-state index < -0.39 is 0 Å². The molecule has 0 amide bonds. The van der Waals surface area contributed by atoms with Crippen molar-refractivity contribution in [2.45, 2.75) is 31.0 Å². The van der Waals surface area contributed by atoms with Crippen LogP contribution in [0.25, 0.3) is 0 Å². The smallest absolute Gasteiger partial charge is 0.119 e. The Balaban J connectivity index is 1.62. The zero-order chi connectivity index (χ0) is 13.1. The maximum Gasteiger partial charge on any atom is 0.119 e. The Hall–Kier alpha value is -0.870. The van der Waals surface area contributed by atoms with Gasteiger partial charge in [0, 0.05) is 31.3 Å². The summed E-state index contributed by atoms with van der Waals surface area (Å²) in [7, 11) is 1.93. The molecule has 0 bridgehead atoms. The molecule has 2 unspecified atom stereocenters. The SMILES string of the molecule is CNc1ccc(OC2CCOC3(CCSC3)C2)cc1. The molecule has 3 rings (SSSR count). The van der Waals surface area contributed by atoms with Crippen LogP contribution in [0.3, 0.4) is 0 Å². The average Bonchev–Trinajstić information content (AvgIpc) is 2.88. The highest BCUT2D eigenvalue weighted by molar-refractivity contribution is 7.99. The minimum atomic E-state index is 0.0957. The van der Waals surface area contributed by atoms with E-state index in [4.69, 9.17) is 9.47 Å². The molecule has 2 aliphatic heterocycles. The van der Waals surface area contributed by atoms with Gasteiger partial charge in [0.25, 0.3) is 0 Å². The fraction of sp³-hybridized carbons (Fsp3) is 0.600. The molecule has 1 aromatic carbocycles. The highest BCUT2D eigenvalue weighted by Gasteiger charge is 2.41. The average molecular weight is 279 g/mol. The Bertz CT molecular complexity index is 415. The Labute approximate surface area is 119 Å². The third-order valence-corrected chi connectivity index (χ3v) is 5.18. The van der Waals surface area contributed by atoms with Crippen LogP contribution in [-0.4, -0.2) is 36.9 Å². The van der Waals surface area contributed by atoms with Gasteiger partial charge < -0.3 is 14.8 Å². The molecule has 2 atom stereocenters. The summed E-state index contributed by atoms with van der Waals surface area (Å²) in [6.45, 7) is 0.833. The number of benzene rings is 1. The first-order valence-corrected chi connectivity index (χ1v) is 8.11. The summed E-state index contributed by atoms with van der Waals surface area (Å²) in [4.78, 5) is 0. The molecule has 1 aromatic rings. The van der Waals surface area contributed by atoms with Gasteiger partial charge in [-0.15, -0.1) is 0 Å². The molecule has 0 saturated carbocycles. The lowest BCUT2D eigenvalue weighted by Crippen LogP contribution is -2.43. The monoisotopic (exact) mass is 279 g/mol. The van der Waals surface area contributed by atoms with Gasteiger partial charge in [0.15, 0.2) is 0 Å². The van der Waals surface area contributed by atoms with Gasteiger partial charge in [-0.2, -0.15) is 11.8 Å². The van der Waals surface area contributed by atoms with E-state index in [1.54, 1.807) is 0 Å². The van der Waals surface area contributed by atoms with Crippen molar-refractivity contribution in [2.24, 2.45) is 0 Å². The van der Waals surface area contributed by atoms with E-state index in [2.05, 4.69) is 17.4 Å². The predicted molar refractivity (Wildman–Crippen MR) is 80.3 cm³/mol. The maximum atomic E-state index is 6.12. The van der Waals surface area contributed by atoms with Crippen molar-refractivity contribution < 1.29 is 9.47 Å². The van der Waals surface area contributed by atoms with Crippen molar-refractivity contribution in [1.82, 2.24) is 0 Å². The molecule has 0 aliphatic carbocycles. The quantitative estimate of drug-likeness (QED) is 0.920. The van der Waals surface area contributed by atoms with E-state index in [-0.39, 0.29) is 5.60 Å². The molecule has 1 N–H and O–H groups in total. The number of rotatable bonds is 3. The summed E-state index contributed by atoms with van der Waals surface area (Å²) in [6, 6.07) is 8.18. The first kappa shape index (κ1) is 13.1. The predicted octanol–water partition coefficient (Wildman–Crippen LogP) is 3.16. The lowest BCUT2D eigenvalue weighted by atomic mass is 9.91. The van der Waals surface area contributed by atoms with Crippen LogP contribution >= 0.6 is 11.8 Å². The fourth-order valence-electron chi connectivity index (χ4n) is 2.84. The molecule has 19 heavy (non-hydrogen) atoms.